The Morgan fingerprint density at radius 1 is 1.63 bits per heavy atom. The maximum atomic E-state index is 12.9. The lowest BCUT2D eigenvalue weighted by Gasteiger charge is -2.09. The van der Waals surface area contributed by atoms with Gasteiger partial charge in [-0.2, -0.15) is 0 Å². The van der Waals surface area contributed by atoms with E-state index >= 15 is 0 Å². The van der Waals surface area contributed by atoms with Gasteiger partial charge in [0.25, 0.3) is 6.43 Å². The Hall–Kier alpha value is -2.32. The highest BCUT2D eigenvalue weighted by Gasteiger charge is 2.30. The molecule has 0 aliphatic carbocycles. The number of ether oxygens (including phenoxy) is 1. The van der Waals surface area contributed by atoms with Gasteiger partial charge in [-0.15, -0.1) is 0 Å². The topological polar surface area (TPSA) is 108 Å². The Morgan fingerprint density at radius 3 is 2.74 bits per heavy atom. The second-order valence-electron chi connectivity index (χ2n) is 3.47. The third kappa shape index (κ3) is 3.33. The second kappa shape index (κ2) is 6.03. The van der Waals surface area contributed by atoms with E-state index in [0.717, 1.165) is 6.20 Å². The largest absolute Gasteiger partial charge is 0.466 e. The molecule has 1 rings (SSSR count). The zero-order chi connectivity index (χ0) is 14.6. The van der Waals surface area contributed by atoms with E-state index < -0.39 is 40.8 Å². The van der Waals surface area contributed by atoms with Crippen LogP contribution in [0.15, 0.2) is 6.20 Å². The summed E-state index contributed by atoms with van der Waals surface area (Å²) >= 11 is 0. The first kappa shape index (κ1) is 14.7. The molecule has 0 amide bonds. The SMILES string of the molecule is CCOC(=O)Cc1cnc(N)c([N+](=O)[O-])c1C(F)F. The molecule has 1 aromatic heterocycles. The van der Waals surface area contributed by atoms with Crippen LogP contribution in [-0.2, 0) is 16.0 Å². The molecule has 9 heteroatoms. The van der Waals surface area contributed by atoms with Crippen molar-refractivity contribution in [3.05, 3.63) is 27.4 Å². The molecule has 1 aromatic rings. The van der Waals surface area contributed by atoms with Gasteiger partial charge >= 0.3 is 11.7 Å². The number of alkyl halides is 2. The van der Waals surface area contributed by atoms with Crippen LogP contribution in [0.2, 0.25) is 0 Å². The number of pyridine rings is 1. The van der Waals surface area contributed by atoms with E-state index in [1.54, 1.807) is 6.92 Å². The van der Waals surface area contributed by atoms with Gasteiger partial charge in [0.2, 0.25) is 5.82 Å². The van der Waals surface area contributed by atoms with Crippen molar-refractivity contribution in [2.24, 2.45) is 0 Å². The number of anilines is 1. The predicted molar refractivity (Wildman–Crippen MR) is 60.6 cm³/mol. The molecule has 1 heterocycles. The zero-order valence-electron chi connectivity index (χ0n) is 9.93. The summed E-state index contributed by atoms with van der Waals surface area (Å²) < 4.78 is 30.4. The summed E-state index contributed by atoms with van der Waals surface area (Å²) in [6.45, 7) is 1.63. The lowest BCUT2D eigenvalue weighted by atomic mass is 10.1. The average Bonchev–Trinajstić information content (AvgIpc) is 2.30. The first-order valence-electron chi connectivity index (χ1n) is 5.23. The molecule has 0 radical (unpaired) electrons. The highest BCUT2D eigenvalue weighted by atomic mass is 19.3. The van der Waals surface area contributed by atoms with E-state index in [-0.39, 0.29) is 12.2 Å². The van der Waals surface area contributed by atoms with Crippen molar-refractivity contribution >= 4 is 17.5 Å². The minimum atomic E-state index is -3.14. The highest BCUT2D eigenvalue weighted by Crippen LogP contribution is 2.35. The van der Waals surface area contributed by atoms with Crippen LogP contribution in [-0.4, -0.2) is 22.5 Å². The summed E-state index contributed by atoms with van der Waals surface area (Å²) in [4.78, 5) is 24.4. The number of hydrogen-bond donors (Lipinski definition) is 1. The number of carbonyl (C=O) groups is 1. The van der Waals surface area contributed by atoms with E-state index in [4.69, 9.17) is 5.73 Å². The van der Waals surface area contributed by atoms with E-state index in [9.17, 15) is 23.7 Å². The summed E-state index contributed by atoms with van der Waals surface area (Å²) in [6.07, 6.45) is -2.75. The van der Waals surface area contributed by atoms with Gasteiger partial charge in [-0.3, -0.25) is 14.9 Å². The van der Waals surface area contributed by atoms with Gasteiger partial charge in [-0.1, -0.05) is 0 Å². The Balaban J connectivity index is 3.28. The van der Waals surface area contributed by atoms with Crippen LogP contribution in [0.1, 0.15) is 24.5 Å². The van der Waals surface area contributed by atoms with Crippen LogP contribution in [0, 0.1) is 10.1 Å². The minimum absolute atomic E-state index is 0.0767. The summed E-state index contributed by atoms with van der Waals surface area (Å²) in [5, 5.41) is 10.7. The van der Waals surface area contributed by atoms with Crippen molar-refractivity contribution in [1.82, 2.24) is 4.98 Å². The summed E-state index contributed by atoms with van der Waals surface area (Å²) in [5.41, 5.74) is 3.07. The van der Waals surface area contributed by atoms with Crippen molar-refractivity contribution in [3.8, 4) is 0 Å². The quantitative estimate of drug-likeness (QED) is 0.497. The van der Waals surface area contributed by atoms with Crippen molar-refractivity contribution in [2.45, 2.75) is 19.8 Å². The lowest BCUT2D eigenvalue weighted by molar-refractivity contribution is -0.385. The fourth-order valence-electron chi connectivity index (χ4n) is 1.51. The van der Waals surface area contributed by atoms with Crippen molar-refractivity contribution in [3.63, 3.8) is 0 Å². The van der Waals surface area contributed by atoms with Crippen molar-refractivity contribution in [2.75, 3.05) is 12.3 Å². The maximum Gasteiger partial charge on any atom is 0.320 e. The van der Waals surface area contributed by atoms with Crippen LogP contribution in [0.3, 0.4) is 0 Å². The molecule has 0 aliphatic rings. The third-order valence-corrected chi connectivity index (χ3v) is 2.24. The van der Waals surface area contributed by atoms with Gasteiger partial charge in [0.15, 0.2) is 0 Å². The molecular formula is C10H11F2N3O4. The molecule has 19 heavy (non-hydrogen) atoms. The molecular weight excluding hydrogens is 264 g/mol. The van der Waals surface area contributed by atoms with Gasteiger partial charge in [0.05, 0.1) is 18.0 Å². The summed E-state index contributed by atoms with van der Waals surface area (Å²) in [7, 11) is 0. The van der Waals surface area contributed by atoms with Gasteiger partial charge < -0.3 is 10.5 Å². The second-order valence-corrected chi connectivity index (χ2v) is 3.47. The Labute approximate surface area is 106 Å². The zero-order valence-corrected chi connectivity index (χ0v) is 9.93. The van der Waals surface area contributed by atoms with Crippen LogP contribution in [0.4, 0.5) is 20.3 Å². The van der Waals surface area contributed by atoms with Crippen LogP contribution in [0.5, 0.6) is 0 Å². The molecule has 0 bridgehead atoms. The molecule has 7 nitrogen and oxygen atoms in total. The number of rotatable bonds is 5. The van der Waals surface area contributed by atoms with Crippen LogP contribution >= 0.6 is 0 Å². The molecule has 0 saturated heterocycles. The van der Waals surface area contributed by atoms with Gasteiger partial charge in [-0.25, -0.2) is 13.8 Å². The number of nitrogens with two attached hydrogens (primary N) is 1. The van der Waals surface area contributed by atoms with E-state index in [0.29, 0.717) is 0 Å². The van der Waals surface area contributed by atoms with Crippen molar-refractivity contribution < 1.29 is 23.2 Å². The van der Waals surface area contributed by atoms with Crippen LogP contribution in [0.25, 0.3) is 0 Å². The number of nitro groups is 1. The van der Waals surface area contributed by atoms with Crippen molar-refractivity contribution in [1.29, 1.82) is 0 Å². The monoisotopic (exact) mass is 275 g/mol. The smallest absolute Gasteiger partial charge is 0.320 e. The summed E-state index contributed by atoms with van der Waals surface area (Å²) in [6, 6.07) is 0. The molecule has 0 atom stereocenters. The maximum absolute atomic E-state index is 12.9. The number of nitrogen functional groups attached to an aromatic ring is 1. The fourth-order valence-corrected chi connectivity index (χ4v) is 1.51. The van der Waals surface area contributed by atoms with Crippen LogP contribution < -0.4 is 5.73 Å². The molecule has 0 fully saturated rings. The number of hydrogen-bond acceptors (Lipinski definition) is 6. The lowest BCUT2D eigenvalue weighted by Crippen LogP contribution is -2.12. The molecule has 0 spiro atoms. The molecule has 0 aliphatic heterocycles. The van der Waals surface area contributed by atoms with E-state index in [1.807, 2.05) is 0 Å². The molecule has 104 valence electrons. The average molecular weight is 275 g/mol. The standard InChI is InChI=1S/C10H11F2N3O4/c1-2-19-6(16)3-5-4-14-10(13)8(15(17)18)7(5)9(11)12/h4,9H,2-3H2,1H3,(H2,13,14). The first-order valence-corrected chi connectivity index (χ1v) is 5.23. The normalized spacial score (nSPS) is 10.5. The van der Waals surface area contributed by atoms with E-state index in [1.165, 1.54) is 0 Å². The number of aromatic nitrogens is 1. The van der Waals surface area contributed by atoms with E-state index in [2.05, 4.69) is 9.72 Å². The van der Waals surface area contributed by atoms with Gasteiger partial charge in [0.1, 0.15) is 5.56 Å². The Kier molecular flexibility index (Phi) is 4.67. The highest BCUT2D eigenvalue weighted by molar-refractivity contribution is 5.74. The minimum Gasteiger partial charge on any atom is -0.466 e. The number of nitrogens with zero attached hydrogens (tertiary/aromatic N) is 2. The predicted octanol–water partition coefficient (Wildman–Crippen LogP) is 1.62. The Morgan fingerprint density at radius 2 is 2.26 bits per heavy atom. The number of halogens is 2. The first-order chi connectivity index (χ1) is 8.88. The Bertz CT molecular complexity index is 508. The fraction of sp³-hybridized carbons (Fsp3) is 0.400. The third-order valence-electron chi connectivity index (χ3n) is 2.24. The number of esters is 1. The van der Waals surface area contributed by atoms with Gasteiger partial charge in [-0.05, 0) is 12.5 Å². The summed E-state index contributed by atoms with van der Waals surface area (Å²) in [5.74, 6) is -1.39. The molecule has 2 N–H and O–H groups in total. The molecule has 0 saturated carbocycles. The van der Waals surface area contributed by atoms with Gasteiger partial charge in [0, 0.05) is 6.20 Å². The number of carbonyl (C=O) groups excluding carboxylic acids is 1. The molecule has 0 aromatic carbocycles. The molecule has 0 unspecified atom stereocenters.